The van der Waals surface area contributed by atoms with Crippen LogP contribution in [0.5, 0.6) is 0 Å². The first-order chi connectivity index (χ1) is 9.03. The summed E-state index contributed by atoms with van der Waals surface area (Å²) < 4.78 is 26.9. The standard InChI is InChI=1S/C12H15N3O3S/c1-9(11-6-13-14-7-11)15-19(17,18)12-4-2-3-10(5-12)8-16/h2-7,9,15-16H,8H2,1H3,(H,13,14). The van der Waals surface area contributed by atoms with Gasteiger partial charge in [0.25, 0.3) is 0 Å². The number of aliphatic hydroxyl groups excluding tert-OH is 1. The second kappa shape index (κ2) is 5.52. The number of aliphatic hydroxyl groups is 1. The maximum absolute atomic E-state index is 12.2. The zero-order chi connectivity index (χ0) is 13.9. The van der Waals surface area contributed by atoms with E-state index in [0.29, 0.717) is 5.56 Å². The van der Waals surface area contributed by atoms with Crippen molar-refractivity contribution in [2.24, 2.45) is 0 Å². The number of H-pyrrole nitrogens is 1. The number of aromatic amines is 1. The molecule has 1 aromatic heterocycles. The van der Waals surface area contributed by atoms with E-state index in [1.54, 1.807) is 31.5 Å². The quantitative estimate of drug-likeness (QED) is 0.760. The molecule has 3 N–H and O–H groups in total. The van der Waals surface area contributed by atoms with Crippen LogP contribution < -0.4 is 4.72 Å². The molecular weight excluding hydrogens is 266 g/mol. The van der Waals surface area contributed by atoms with Gasteiger partial charge in [0.15, 0.2) is 0 Å². The van der Waals surface area contributed by atoms with E-state index in [-0.39, 0.29) is 17.5 Å². The molecule has 0 saturated carbocycles. The lowest BCUT2D eigenvalue weighted by molar-refractivity contribution is 0.281. The molecule has 0 aliphatic heterocycles. The monoisotopic (exact) mass is 281 g/mol. The van der Waals surface area contributed by atoms with E-state index in [1.165, 1.54) is 12.1 Å². The van der Waals surface area contributed by atoms with Gasteiger partial charge in [-0.2, -0.15) is 5.10 Å². The molecule has 0 bridgehead atoms. The molecule has 0 aliphatic carbocycles. The molecule has 2 rings (SSSR count). The van der Waals surface area contributed by atoms with Crippen LogP contribution >= 0.6 is 0 Å². The average Bonchev–Trinajstić information content (AvgIpc) is 2.92. The Bertz CT molecular complexity index is 638. The summed E-state index contributed by atoms with van der Waals surface area (Å²) in [7, 11) is -3.62. The van der Waals surface area contributed by atoms with Crippen molar-refractivity contribution in [3.8, 4) is 0 Å². The molecule has 19 heavy (non-hydrogen) atoms. The van der Waals surface area contributed by atoms with Gasteiger partial charge in [-0.25, -0.2) is 13.1 Å². The van der Waals surface area contributed by atoms with Crippen LogP contribution in [0.1, 0.15) is 24.1 Å². The summed E-state index contributed by atoms with van der Waals surface area (Å²) in [5.41, 5.74) is 1.31. The lowest BCUT2D eigenvalue weighted by atomic mass is 10.2. The number of aromatic nitrogens is 2. The lowest BCUT2D eigenvalue weighted by Gasteiger charge is -2.13. The molecule has 6 nitrogen and oxygen atoms in total. The minimum atomic E-state index is -3.62. The van der Waals surface area contributed by atoms with Crippen molar-refractivity contribution in [1.29, 1.82) is 0 Å². The Balaban J connectivity index is 2.22. The van der Waals surface area contributed by atoms with Crippen LogP contribution in [0.15, 0.2) is 41.6 Å². The first-order valence-electron chi connectivity index (χ1n) is 5.74. The summed E-state index contributed by atoms with van der Waals surface area (Å²) in [6.07, 6.45) is 3.20. The van der Waals surface area contributed by atoms with Crippen LogP contribution in [0, 0.1) is 0 Å². The molecule has 0 fully saturated rings. The third-order valence-corrected chi connectivity index (χ3v) is 4.28. The van der Waals surface area contributed by atoms with Crippen molar-refractivity contribution in [1.82, 2.24) is 14.9 Å². The maximum atomic E-state index is 12.2. The second-order valence-electron chi connectivity index (χ2n) is 4.18. The number of rotatable bonds is 5. The van der Waals surface area contributed by atoms with Gasteiger partial charge in [0, 0.05) is 17.8 Å². The molecule has 0 radical (unpaired) electrons. The summed E-state index contributed by atoms with van der Waals surface area (Å²) in [6.45, 7) is 1.54. The number of sulfonamides is 1. The summed E-state index contributed by atoms with van der Waals surface area (Å²) in [4.78, 5) is 0.134. The van der Waals surface area contributed by atoms with Crippen molar-refractivity contribution < 1.29 is 13.5 Å². The largest absolute Gasteiger partial charge is 0.392 e. The van der Waals surface area contributed by atoms with Crippen LogP contribution in [0.2, 0.25) is 0 Å². The fourth-order valence-corrected chi connectivity index (χ4v) is 2.98. The number of nitrogens with one attached hydrogen (secondary N) is 2. The van der Waals surface area contributed by atoms with Crippen LogP contribution in [0.25, 0.3) is 0 Å². The van der Waals surface area contributed by atoms with Crippen molar-refractivity contribution in [2.45, 2.75) is 24.5 Å². The fourth-order valence-electron chi connectivity index (χ4n) is 1.68. The normalized spacial score (nSPS) is 13.4. The Kier molecular flexibility index (Phi) is 3.98. The topological polar surface area (TPSA) is 95.1 Å². The highest BCUT2D eigenvalue weighted by Crippen LogP contribution is 2.16. The fraction of sp³-hybridized carbons (Fsp3) is 0.250. The van der Waals surface area contributed by atoms with E-state index in [4.69, 9.17) is 5.11 Å². The molecular formula is C12H15N3O3S. The minimum Gasteiger partial charge on any atom is -0.392 e. The van der Waals surface area contributed by atoms with E-state index >= 15 is 0 Å². The summed E-state index contributed by atoms with van der Waals surface area (Å²) in [6, 6.07) is 5.82. The summed E-state index contributed by atoms with van der Waals surface area (Å²) in [5, 5.41) is 15.4. The molecule has 0 aliphatic rings. The van der Waals surface area contributed by atoms with Crippen LogP contribution in [0.4, 0.5) is 0 Å². The van der Waals surface area contributed by atoms with Gasteiger partial charge in [-0.3, -0.25) is 5.10 Å². The predicted molar refractivity (Wildman–Crippen MR) is 69.7 cm³/mol. The van der Waals surface area contributed by atoms with E-state index < -0.39 is 10.0 Å². The van der Waals surface area contributed by atoms with Gasteiger partial charge in [0.1, 0.15) is 0 Å². The summed E-state index contributed by atoms with van der Waals surface area (Å²) >= 11 is 0. The number of benzene rings is 1. The van der Waals surface area contributed by atoms with Crippen molar-refractivity contribution in [3.63, 3.8) is 0 Å². The smallest absolute Gasteiger partial charge is 0.241 e. The van der Waals surface area contributed by atoms with Crippen molar-refractivity contribution >= 4 is 10.0 Å². The molecule has 0 amide bonds. The predicted octanol–water partition coefficient (Wildman–Crippen LogP) is 0.942. The van der Waals surface area contributed by atoms with Crippen LogP contribution in [-0.2, 0) is 16.6 Å². The molecule has 1 atom stereocenters. The van der Waals surface area contributed by atoms with Gasteiger partial charge in [-0.15, -0.1) is 0 Å². The minimum absolute atomic E-state index is 0.134. The van der Waals surface area contributed by atoms with Gasteiger partial charge in [-0.05, 0) is 24.6 Å². The first kappa shape index (κ1) is 13.7. The Hall–Kier alpha value is -1.70. The number of hydrogen-bond acceptors (Lipinski definition) is 4. The third kappa shape index (κ3) is 3.19. The zero-order valence-corrected chi connectivity index (χ0v) is 11.2. The van der Waals surface area contributed by atoms with Crippen molar-refractivity contribution in [3.05, 3.63) is 47.8 Å². The zero-order valence-electron chi connectivity index (χ0n) is 10.4. The number of hydrogen-bond donors (Lipinski definition) is 3. The van der Waals surface area contributed by atoms with Crippen molar-refractivity contribution in [2.75, 3.05) is 0 Å². The molecule has 7 heteroatoms. The van der Waals surface area contributed by atoms with E-state index in [9.17, 15) is 8.42 Å². The van der Waals surface area contributed by atoms with Gasteiger partial charge < -0.3 is 5.11 Å². The van der Waals surface area contributed by atoms with Gasteiger partial charge in [0.2, 0.25) is 10.0 Å². The number of nitrogens with zero attached hydrogens (tertiary/aromatic N) is 1. The third-order valence-electron chi connectivity index (χ3n) is 2.74. The second-order valence-corrected chi connectivity index (χ2v) is 5.89. The highest BCUT2D eigenvalue weighted by Gasteiger charge is 2.19. The molecule has 1 aromatic carbocycles. The molecule has 1 unspecified atom stereocenters. The van der Waals surface area contributed by atoms with Crippen LogP contribution in [0.3, 0.4) is 0 Å². The van der Waals surface area contributed by atoms with E-state index in [2.05, 4.69) is 14.9 Å². The Morgan fingerprint density at radius 1 is 1.47 bits per heavy atom. The van der Waals surface area contributed by atoms with Gasteiger partial charge >= 0.3 is 0 Å². The molecule has 102 valence electrons. The molecule has 0 spiro atoms. The SMILES string of the molecule is CC(NS(=O)(=O)c1cccc(CO)c1)c1cn[nH]c1. The van der Waals surface area contributed by atoms with Gasteiger partial charge in [0.05, 0.1) is 17.7 Å². The van der Waals surface area contributed by atoms with E-state index in [1.807, 2.05) is 0 Å². The highest BCUT2D eigenvalue weighted by atomic mass is 32.2. The molecule has 0 saturated heterocycles. The lowest BCUT2D eigenvalue weighted by Crippen LogP contribution is -2.26. The average molecular weight is 281 g/mol. The molecule has 2 aromatic rings. The Morgan fingerprint density at radius 3 is 2.89 bits per heavy atom. The Morgan fingerprint density at radius 2 is 2.26 bits per heavy atom. The van der Waals surface area contributed by atoms with Gasteiger partial charge in [-0.1, -0.05) is 12.1 Å². The maximum Gasteiger partial charge on any atom is 0.241 e. The Labute approximate surface area is 111 Å². The molecule has 1 heterocycles. The van der Waals surface area contributed by atoms with E-state index in [0.717, 1.165) is 5.56 Å². The van der Waals surface area contributed by atoms with Crippen LogP contribution in [-0.4, -0.2) is 23.7 Å². The first-order valence-corrected chi connectivity index (χ1v) is 7.22. The summed E-state index contributed by atoms with van der Waals surface area (Å²) in [5.74, 6) is 0. The highest BCUT2D eigenvalue weighted by molar-refractivity contribution is 7.89.